The van der Waals surface area contributed by atoms with Gasteiger partial charge in [0.15, 0.2) is 0 Å². The fourth-order valence-corrected chi connectivity index (χ4v) is 1.87. The monoisotopic (exact) mass is 303 g/mol. The van der Waals surface area contributed by atoms with Crippen molar-refractivity contribution < 1.29 is 9.53 Å². The van der Waals surface area contributed by atoms with E-state index in [4.69, 9.17) is 4.74 Å². The topological polar surface area (TPSA) is 67.0 Å². The number of aromatic nitrogens is 2. The second kappa shape index (κ2) is 6.96. The Labute approximate surface area is 133 Å². The zero-order valence-corrected chi connectivity index (χ0v) is 12.1. The second-order valence-corrected chi connectivity index (χ2v) is 4.59. The third-order valence-electron chi connectivity index (χ3n) is 2.87. The Morgan fingerprint density at radius 3 is 2.78 bits per heavy atom. The van der Waals surface area contributed by atoms with Gasteiger partial charge in [0.25, 0.3) is 6.01 Å². The molecule has 0 spiro atoms. The lowest BCUT2D eigenvalue weighted by molar-refractivity contribution is -0.111. The summed E-state index contributed by atoms with van der Waals surface area (Å²) in [6.45, 7) is 0. The molecule has 0 aliphatic carbocycles. The Hall–Kier alpha value is -3.52. The van der Waals surface area contributed by atoms with Gasteiger partial charge in [-0.2, -0.15) is 0 Å². The third-order valence-corrected chi connectivity index (χ3v) is 2.87. The molecule has 2 N–H and O–H groups in total. The maximum Gasteiger partial charge on any atom is 0.300 e. The number of nitrogens with one attached hydrogen (secondary N) is 2. The molecular formula is C18H13N3O2. The Bertz CT molecular complexity index is 847. The fraction of sp³-hybridized carbons (Fsp3) is 0. The Morgan fingerprint density at radius 2 is 2.00 bits per heavy atom. The van der Waals surface area contributed by atoms with E-state index in [1.54, 1.807) is 36.7 Å². The van der Waals surface area contributed by atoms with E-state index in [1.807, 2.05) is 30.3 Å². The first kappa shape index (κ1) is 14.4. The number of benzene rings is 2. The molecular weight excluding hydrogens is 290 g/mol. The largest absolute Gasteiger partial charge is 0.426 e. The number of anilines is 1. The van der Waals surface area contributed by atoms with Crippen LogP contribution >= 0.6 is 0 Å². The Morgan fingerprint density at radius 1 is 1.13 bits per heavy atom. The van der Waals surface area contributed by atoms with Gasteiger partial charge in [-0.3, -0.25) is 4.79 Å². The van der Waals surface area contributed by atoms with Gasteiger partial charge in [0.1, 0.15) is 5.75 Å². The van der Waals surface area contributed by atoms with E-state index in [1.165, 1.54) is 0 Å². The lowest BCUT2D eigenvalue weighted by Crippen LogP contribution is -2.08. The van der Waals surface area contributed by atoms with Crippen LogP contribution in [0.2, 0.25) is 0 Å². The summed E-state index contributed by atoms with van der Waals surface area (Å²) >= 11 is 0. The molecule has 1 aromatic heterocycles. The number of carbonyl (C=O) groups is 1. The molecule has 3 aromatic rings. The highest BCUT2D eigenvalue weighted by Crippen LogP contribution is 2.21. The van der Waals surface area contributed by atoms with Crippen molar-refractivity contribution >= 4 is 11.6 Å². The van der Waals surface area contributed by atoms with Gasteiger partial charge >= 0.3 is 5.91 Å². The molecule has 0 saturated heterocycles. The summed E-state index contributed by atoms with van der Waals surface area (Å²) in [6.07, 6.45) is 3.26. The Balaban J connectivity index is 1.66. The lowest BCUT2D eigenvalue weighted by Gasteiger charge is -2.05. The molecule has 3 rings (SSSR count). The molecule has 1 heterocycles. The van der Waals surface area contributed by atoms with E-state index in [2.05, 4.69) is 27.1 Å². The summed E-state index contributed by atoms with van der Waals surface area (Å²) in [5.41, 5.74) is 1.39. The van der Waals surface area contributed by atoms with Gasteiger partial charge in [0.05, 0.1) is 0 Å². The molecule has 0 unspecified atom stereocenters. The third kappa shape index (κ3) is 4.22. The number of hydrogen-bond acceptors (Lipinski definition) is 3. The number of amides is 1. The van der Waals surface area contributed by atoms with Crippen molar-refractivity contribution in [2.24, 2.45) is 0 Å². The first-order chi connectivity index (χ1) is 11.3. The van der Waals surface area contributed by atoms with Crippen molar-refractivity contribution in [3.8, 4) is 23.6 Å². The molecule has 0 atom stereocenters. The molecule has 0 aliphatic heterocycles. The minimum absolute atomic E-state index is 0.385. The van der Waals surface area contributed by atoms with E-state index >= 15 is 0 Å². The number of rotatable bonds is 3. The SMILES string of the molecule is O=C(C#Cc1ccccc1)Nc1cccc(Oc2ncc[nH]2)c1. The molecule has 0 radical (unpaired) electrons. The zero-order valence-electron chi connectivity index (χ0n) is 12.1. The number of H-pyrrole nitrogens is 1. The van der Waals surface area contributed by atoms with Gasteiger partial charge in [0, 0.05) is 35.6 Å². The molecule has 0 saturated carbocycles. The fourth-order valence-electron chi connectivity index (χ4n) is 1.87. The highest BCUT2D eigenvalue weighted by molar-refractivity contribution is 6.04. The zero-order chi connectivity index (χ0) is 15.9. The molecule has 0 aliphatic rings. The van der Waals surface area contributed by atoms with Crippen LogP contribution in [0.15, 0.2) is 67.0 Å². The summed E-state index contributed by atoms with van der Waals surface area (Å²) in [5, 5.41) is 2.71. The van der Waals surface area contributed by atoms with E-state index in [0.717, 1.165) is 5.56 Å². The molecule has 0 bridgehead atoms. The number of ether oxygens (including phenoxy) is 1. The quantitative estimate of drug-likeness (QED) is 0.730. The molecule has 5 nitrogen and oxygen atoms in total. The van der Waals surface area contributed by atoms with Crippen LogP contribution in [-0.4, -0.2) is 15.9 Å². The van der Waals surface area contributed by atoms with E-state index < -0.39 is 0 Å². The molecule has 112 valence electrons. The number of aromatic amines is 1. The summed E-state index contributed by atoms with van der Waals surface area (Å²) in [7, 11) is 0. The van der Waals surface area contributed by atoms with E-state index in [-0.39, 0.29) is 5.91 Å². The number of carbonyl (C=O) groups excluding carboxylic acids is 1. The van der Waals surface area contributed by atoms with Crippen LogP contribution in [-0.2, 0) is 4.79 Å². The van der Waals surface area contributed by atoms with Crippen molar-refractivity contribution in [3.63, 3.8) is 0 Å². The number of imidazole rings is 1. The van der Waals surface area contributed by atoms with Crippen LogP contribution in [0.5, 0.6) is 11.8 Å². The predicted molar refractivity (Wildman–Crippen MR) is 87.1 cm³/mol. The average molecular weight is 303 g/mol. The maximum absolute atomic E-state index is 11.9. The molecule has 0 fully saturated rings. The smallest absolute Gasteiger partial charge is 0.300 e. The van der Waals surface area contributed by atoms with Gasteiger partial charge in [-0.25, -0.2) is 4.98 Å². The van der Waals surface area contributed by atoms with Gasteiger partial charge in [0.2, 0.25) is 0 Å². The first-order valence-corrected chi connectivity index (χ1v) is 6.95. The standard InChI is InChI=1S/C18H13N3O2/c22-17(10-9-14-5-2-1-3-6-14)21-15-7-4-8-16(13-15)23-18-19-11-12-20-18/h1-8,11-13H,(H,19,20)(H,21,22). The maximum atomic E-state index is 11.9. The Kier molecular flexibility index (Phi) is 4.36. The highest BCUT2D eigenvalue weighted by atomic mass is 16.5. The molecule has 2 aromatic carbocycles. The van der Waals surface area contributed by atoms with Crippen LogP contribution in [0.3, 0.4) is 0 Å². The van der Waals surface area contributed by atoms with Crippen LogP contribution < -0.4 is 10.1 Å². The van der Waals surface area contributed by atoms with Crippen LogP contribution in [0.1, 0.15) is 5.56 Å². The summed E-state index contributed by atoms with van der Waals surface area (Å²) in [6, 6.07) is 16.7. The van der Waals surface area contributed by atoms with Crippen molar-refractivity contribution in [1.82, 2.24) is 9.97 Å². The van der Waals surface area contributed by atoms with E-state index in [0.29, 0.717) is 17.4 Å². The van der Waals surface area contributed by atoms with Gasteiger partial charge < -0.3 is 15.0 Å². The van der Waals surface area contributed by atoms with Crippen LogP contribution in [0, 0.1) is 11.8 Å². The van der Waals surface area contributed by atoms with Gasteiger partial charge in [-0.15, -0.1) is 0 Å². The van der Waals surface area contributed by atoms with Gasteiger partial charge in [-0.05, 0) is 24.3 Å². The van der Waals surface area contributed by atoms with Crippen molar-refractivity contribution in [2.75, 3.05) is 5.32 Å². The van der Waals surface area contributed by atoms with Crippen LogP contribution in [0.25, 0.3) is 0 Å². The average Bonchev–Trinajstić information content (AvgIpc) is 3.07. The molecule has 1 amide bonds. The summed E-state index contributed by atoms with van der Waals surface area (Å²) < 4.78 is 5.52. The lowest BCUT2D eigenvalue weighted by atomic mass is 10.2. The second-order valence-electron chi connectivity index (χ2n) is 4.59. The van der Waals surface area contributed by atoms with Gasteiger partial charge in [-0.1, -0.05) is 30.2 Å². The molecule has 23 heavy (non-hydrogen) atoms. The van der Waals surface area contributed by atoms with Crippen molar-refractivity contribution in [2.45, 2.75) is 0 Å². The van der Waals surface area contributed by atoms with Crippen molar-refractivity contribution in [3.05, 3.63) is 72.6 Å². The minimum atomic E-state index is -0.385. The normalized spacial score (nSPS) is 9.57. The first-order valence-electron chi connectivity index (χ1n) is 6.95. The molecule has 5 heteroatoms. The number of nitrogens with zero attached hydrogens (tertiary/aromatic N) is 1. The summed E-state index contributed by atoms with van der Waals surface area (Å²) in [5.74, 6) is 5.54. The van der Waals surface area contributed by atoms with E-state index in [9.17, 15) is 4.79 Å². The number of hydrogen-bond donors (Lipinski definition) is 2. The predicted octanol–water partition coefficient (Wildman–Crippen LogP) is 3.19. The minimum Gasteiger partial charge on any atom is -0.426 e. The summed E-state index contributed by atoms with van der Waals surface area (Å²) in [4.78, 5) is 18.7. The van der Waals surface area contributed by atoms with Crippen molar-refractivity contribution in [1.29, 1.82) is 0 Å². The van der Waals surface area contributed by atoms with Crippen LogP contribution in [0.4, 0.5) is 5.69 Å². The highest BCUT2D eigenvalue weighted by Gasteiger charge is 2.02.